The number of hydrogen-bond donors (Lipinski definition) is 0. The number of amides is 2. The van der Waals surface area contributed by atoms with Crippen molar-refractivity contribution < 1.29 is 22.8 Å². The molecule has 0 spiro atoms. The highest BCUT2D eigenvalue weighted by atomic mass is 35.5. The molecule has 1 aliphatic rings. The molecule has 0 aliphatic carbocycles. The molecule has 2 aromatic carbocycles. The average Bonchev–Trinajstić information content (AvgIpc) is 2.72. The fraction of sp³-hybridized carbons (Fsp3) is 0.238. The van der Waals surface area contributed by atoms with Crippen LogP contribution < -0.4 is 0 Å². The quantitative estimate of drug-likeness (QED) is 0.660. The summed E-state index contributed by atoms with van der Waals surface area (Å²) in [4.78, 5) is 27.8. The topological polar surface area (TPSA) is 40.6 Å². The van der Waals surface area contributed by atoms with Crippen molar-refractivity contribution in [2.24, 2.45) is 0 Å². The van der Waals surface area contributed by atoms with Gasteiger partial charge in [0, 0.05) is 48.2 Å². The lowest BCUT2D eigenvalue weighted by atomic mass is 10.1. The summed E-state index contributed by atoms with van der Waals surface area (Å²) in [6.07, 6.45) is -4.44. The van der Waals surface area contributed by atoms with Crippen LogP contribution in [0.15, 0.2) is 48.5 Å². The number of nitrogens with zero attached hydrogens (tertiary/aromatic N) is 2. The second-order valence-corrected chi connectivity index (χ2v) is 6.85. The Morgan fingerprint density at radius 1 is 0.862 bits per heavy atom. The molecule has 1 heterocycles. The number of piperazine rings is 1. The molecule has 0 unspecified atom stereocenters. The third-order valence-corrected chi connectivity index (χ3v) is 4.72. The number of carbonyl (C=O) groups is 2. The highest BCUT2D eigenvalue weighted by Crippen LogP contribution is 2.29. The van der Waals surface area contributed by atoms with Gasteiger partial charge < -0.3 is 9.80 Å². The normalized spacial score (nSPS) is 14.2. The first kappa shape index (κ1) is 20.7. The van der Waals surface area contributed by atoms with Crippen molar-refractivity contribution in [2.45, 2.75) is 6.18 Å². The smallest absolute Gasteiger partial charge is 0.335 e. The summed E-state index contributed by atoms with van der Waals surface area (Å²) >= 11 is 5.80. The van der Waals surface area contributed by atoms with Gasteiger partial charge in [0.2, 0.25) is 0 Å². The Morgan fingerprint density at radius 3 is 1.97 bits per heavy atom. The van der Waals surface area contributed by atoms with Crippen LogP contribution in [0.5, 0.6) is 0 Å². The molecule has 0 atom stereocenters. The standard InChI is InChI=1S/C21H16ClF3N2O2/c22-18-8-1-15(2-9-18)3-10-19(28)26-11-13-27(14-12-26)20(29)16-4-6-17(7-5-16)21(23,24)25/h1-2,4-9H,11-14H2. The van der Waals surface area contributed by atoms with Crippen LogP contribution in [0.1, 0.15) is 21.5 Å². The van der Waals surface area contributed by atoms with Crippen molar-refractivity contribution in [2.75, 3.05) is 26.2 Å². The minimum absolute atomic E-state index is 0.181. The maximum atomic E-state index is 12.6. The predicted octanol–water partition coefficient (Wildman–Crippen LogP) is 3.69. The summed E-state index contributed by atoms with van der Waals surface area (Å²) in [5.41, 5.74) is 0.0444. The van der Waals surface area contributed by atoms with E-state index in [-0.39, 0.29) is 30.5 Å². The van der Waals surface area contributed by atoms with Crippen LogP contribution in [0.4, 0.5) is 13.2 Å². The SMILES string of the molecule is O=C(C#Cc1ccc(Cl)cc1)N1CCN(C(=O)c2ccc(C(F)(F)F)cc2)CC1. The van der Waals surface area contributed by atoms with E-state index >= 15 is 0 Å². The Balaban J connectivity index is 1.56. The third-order valence-electron chi connectivity index (χ3n) is 4.47. The van der Waals surface area contributed by atoms with Gasteiger partial charge in [0.1, 0.15) is 0 Å². The highest BCUT2D eigenvalue weighted by molar-refractivity contribution is 6.30. The second-order valence-electron chi connectivity index (χ2n) is 6.42. The largest absolute Gasteiger partial charge is 0.416 e. The predicted molar refractivity (Wildman–Crippen MR) is 102 cm³/mol. The Kier molecular flexibility index (Phi) is 6.14. The molecule has 1 saturated heterocycles. The van der Waals surface area contributed by atoms with Crippen LogP contribution in [0.25, 0.3) is 0 Å². The Bertz CT molecular complexity index is 953. The number of halogens is 4. The molecule has 3 rings (SSSR count). The molecule has 2 aromatic rings. The summed E-state index contributed by atoms with van der Waals surface area (Å²) in [6.45, 7) is 1.18. The summed E-state index contributed by atoms with van der Waals surface area (Å²) < 4.78 is 37.9. The van der Waals surface area contributed by atoms with Gasteiger partial charge in [-0.05, 0) is 48.5 Å². The fourth-order valence-electron chi connectivity index (χ4n) is 2.83. The van der Waals surface area contributed by atoms with E-state index in [1.807, 2.05) is 0 Å². The number of carbonyl (C=O) groups excluding carboxylic acids is 2. The van der Waals surface area contributed by atoms with E-state index in [0.717, 1.165) is 12.1 Å². The maximum Gasteiger partial charge on any atom is 0.416 e. The number of benzene rings is 2. The molecule has 0 radical (unpaired) electrons. The molecule has 0 N–H and O–H groups in total. The van der Waals surface area contributed by atoms with Crippen LogP contribution >= 0.6 is 11.6 Å². The average molecular weight is 421 g/mol. The minimum atomic E-state index is -4.44. The van der Waals surface area contributed by atoms with E-state index in [0.29, 0.717) is 23.7 Å². The third kappa shape index (κ3) is 5.30. The van der Waals surface area contributed by atoms with Crippen LogP contribution in [-0.2, 0) is 11.0 Å². The van der Waals surface area contributed by atoms with Crippen LogP contribution in [-0.4, -0.2) is 47.8 Å². The lowest BCUT2D eigenvalue weighted by Crippen LogP contribution is -2.50. The molecule has 0 bridgehead atoms. The Labute approximate surface area is 170 Å². The second kappa shape index (κ2) is 8.58. The summed E-state index contributed by atoms with van der Waals surface area (Å²) in [5, 5.41) is 0.579. The van der Waals surface area contributed by atoms with Gasteiger partial charge in [-0.1, -0.05) is 17.5 Å². The van der Waals surface area contributed by atoms with E-state index in [1.54, 1.807) is 29.2 Å². The van der Waals surface area contributed by atoms with Crippen molar-refractivity contribution >= 4 is 23.4 Å². The molecular formula is C21H16ClF3N2O2. The van der Waals surface area contributed by atoms with Gasteiger partial charge in [-0.25, -0.2) is 0 Å². The van der Waals surface area contributed by atoms with Gasteiger partial charge in [-0.2, -0.15) is 13.2 Å². The van der Waals surface area contributed by atoms with Crippen LogP contribution in [0.2, 0.25) is 5.02 Å². The van der Waals surface area contributed by atoms with Crippen molar-refractivity contribution in [3.63, 3.8) is 0 Å². The van der Waals surface area contributed by atoms with Crippen LogP contribution in [0, 0.1) is 11.8 Å². The van der Waals surface area contributed by atoms with E-state index in [1.165, 1.54) is 17.0 Å². The van der Waals surface area contributed by atoms with Crippen molar-refractivity contribution in [3.05, 3.63) is 70.2 Å². The molecule has 8 heteroatoms. The van der Waals surface area contributed by atoms with Gasteiger partial charge in [0.15, 0.2) is 0 Å². The van der Waals surface area contributed by atoms with Gasteiger partial charge in [-0.3, -0.25) is 9.59 Å². The summed E-state index contributed by atoms with van der Waals surface area (Å²) in [7, 11) is 0. The van der Waals surface area contributed by atoms with E-state index < -0.39 is 11.7 Å². The molecular weight excluding hydrogens is 405 g/mol. The summed E-state index contributed by atoms with van der Waals surface area (Å²) in [5.74, 6) is 4.63. The lowest BCUT2D eigenvalue weighted by Gasteiger charge is -2.33. The van der Waals surface area contributed by atoms with E-state index in [2.05, 4.69) is 11.8 Å². The molecule has 150 valence electrons. The first-order chi connectivity index (χ1) is 13.7. The summed E-state index contributed by atoms with van der Waals surface area (Å²) in [6, 6.07) is 10.9. The maximum absolute atomic E-state index is 12.6. The minimum Gasteiger partial charge on any atom is -0.335 e. The Morgan fingerprint density at radius 2 is 1.41 bits per heavy atom. The molecule has 2 amide bonds. The van der Waals surface area contributed by atoms with Crippen molar-refractivity contribution in [1.82, 2.24) is 9.80 Å². The van der Waals surface area contributed by atoms with Gasteiger partial charge in [0.25, 0.3) is 11.8 Å². The van der Waals surface area contributed by atoms with E-state index in [4.69, 9.17) is 11.6 Å². The number of alkyl halides is 3. The van der Waals surface area contributed by atoms with Gasteiger partial charge in [0.05, 0.1) is 5.56 Å². The van der Waals surface area contributed by atoms with Gasteiger partial charge in [-0.15, -0.1) is 0 Å². The fourth-order valence-corrected chi connectivity index (χ4v) is 2.96. The molecule has 1 fully saturated rings. The first-order valence-corrected chi connectivity index (χ1v) is 9.15. The zero-order valence-corrected chi connectivity index (χ0v) is 15.9. The number of hydrogen-bond acceptors (Lipinski definition) is 2. The highest BCUT2D eigenvalue weighted by Gasteiger charge is 2.31. The lowest BCUT2D eigenvalue weighted by molar-refractivity contribution is -0.137. The molecule has 29 heavy (non-hydrogen) atoms. The van der Waals surface area contributed by atoms with Gasteiger partial charge >= 0.3 is 6.18 Å². The molecule has 0 saturated carbocycles. The molecule has 1 aliphatic heterocycles. The van der Waals surface area contributed by atoms with E-state index in [9.17, 15) is 22.8 Å². The monoisotopic (exact) mass is 420 g/mol. The number of rotatable bonds is 1. The van der Waals surface area contributed by atoms with Crippen molar-refractivity contribution in [3.8, 4) is 11.8 Å². The zero-order valence-electron chi connectivity index (χ0n) is 15.2. The Hall–Kier alpha value is -2.98. The molecule has 4 nitrogen and oxygen atoms in total. The van der Waals surface area contributed by atoms with Crippen molar-refractivity contribution in [1.29, 1.82) is 0 Å². The first-order valence-electron chi connectivity index (χ1n) is 8.77. The molecule has 0 aromatic heterocycles. The van der Waals surface area contributed by atoms with Crippen LogP contribution in [0.3, 0.4) is 0 Å². The zero-order chi connectivity index (χ0) is 21.0.